The Kier molecular flexibility index (Phi) is 246. The van der Waals surface area contributed by atoms with Crippen molar-refractivity contribution in [2.45, 2.75) is 0 Å². The summed E-state index contributed by atoms with van der Waals surface area (Å²) < 4.78 is 0. The van der Waals surface area contributed by atoms with Gasteiger partial charge in [0.2, 0.25) is 0 Å². The van der Waals surface area contributed by atoms with Crippen LogP contribution in [0, 0.1) is 0 Å². The zero-order valence-electron chi connectivity index (χ0n) is 4.40. The molecule has 0 nitrogen and oxygen atoms in total. The topological polar surface area (TPSA) is 0 Å². The van der Waals surface area contributed by atoms with Gasteiger partial charge < -0.3 is 2.85 Å². The van der Waals surface area contributed by atoms with Gasteiger partial charge in [-0.25, -0.2) is 0 Å². The first-order valence-corrected chi connectivity index (χ1v) is 0. The fourth-order valence-electron chi connectivity index (χ4n) is 0. The summed E-state index contributed by atoms with van der Waals surface area (Å²) in [6, 6.07) is 0. The number of hydrogen-bond acceptors (Lipinski definition) is 0. The predicted octanol–water partition coefficient (Wildman–Crippen LogP) is -0.326. The molecule has 0 aliphatic carbocycles. The van der Waals surface area contributed by atoms with E-state index in [0.717, 1.165) is 0 Å². The molecular formula is H6BCaFP. The monoisotopic (exact) mass is 107 g/mol. The molecule has 0 saturated carbocycles. The summed E-state index contributed by atoms with van der Waals surface area (Å²) in [5.74, 6) is 0. The van der Waals surface area contributed by atoms with Crippen molar-refractivity contribution in [2.75, 3.05) is 0 Å². The Bertz CT molecular complexity index is 13.5. The van der Waals surface area contributed by atoms with Crippen molar-refractivity contribution in [3.8, 4) is 0 Å². The maximum atomic E-state index is 0. The molecule has 0 rings (SSSR count). The van der Waals surface area contributed by atoms with Crippen LogP contribution in [0.1, 0.15) is 2.85 Å². The molecule has 0 aromatic rings. The van der Waals surface area contributed by atoms with Gasteiger partial charge in [0.25, 0.3) is 0 Å². The van der Waals surface area contributed by atoms with Crippen LogP contribution < -0.4 is 0 Å². The van der Waals surface area contributed by atoms with Gasteiger partial charge in [0.05, 0.1) is 0 Å². The minimum absolute atomic E-state index is 0. The Morgan fingerprint density at radius 1 is 1.25 bits per heavy atom. The Hall–Kier alpha value is 1.68. The van der Waals surface area contributed by atoms with Crippen molar-refractivity contribution in [1.82, 2.24) is 0 Å². The van der Waals surface area contributed by atoms with Crippen molar-refractivity contribution in [3.05, 3.63) is 0 Å². The van der Waals surface area contributed by atoms with Gasteiger partial charge in [0.15, 0.2) is 0 Å². The molecule has 0 aromatic heterocycles. The maximum Gasteiger partial charge on any atom is 2.00 e. The van der Waals surface area contributed by atoms with Crippen molar-refractivity contribution < 1.29 is 7.56 Å². The third kappa shape index (κ3) is 9.36. The van der Waals surface area contributed by atoms with Crippen LogP contribution in [-0.2, 0) is 0 Å². The first-order valence-electron chi connectivity index (χ1n) is 0. The van der Waals surface area contributed by atoms with E-state index in [1.807, 2.05) is 0 Å². The molecule has 0 bridgehead atoms. The Morgan fingerprint density at radius 2 is 1.25 bits per heavy atom. The van der Waals surface area contributed by atoms with Crippen molar-refractivity contribution in [3.63, 3.8) is 0 Å². The van der Waals surface area contributed by atoms with E-state index in [1.165, 1.54) is 0 Å². The van der Waals surface area contributed by atoms with Gasteiger partial charge >= 0.3 is 37.7 Å². The van der Waals surface area contributed by atoms with Gasteiger partial charge in [-0.1, -0.05) is 0 Å². The first kappa shape index (κ1) is 44.0. The van der Waals surface area contributed by atoms with Crippen LogP contribution in [0.4, 0.5) is 4.70 Å². The van der Waals surface area contributed by atoms with Crippen LogP contribution in [0.3, 0.4) is 0 Å². The molecule has 0 amide bonds. The van der Waals surface area contributed by atoms with Gasteiger partial charge in [-0.2, -0.15) is 9.90 Å². The summed E-state index contributed by atoms with van der Waals surface area (Å²) in [4.78, 5) is 0. The molecular weight excluding hydrogens is 101 g/mol. The molecule has 0 aromatic carbocycles. The number of rotatable bonds is 0. The minimum Gasteiger partial charge on any atom is -1.00 e. The smallest absolute Gasteiger partial charge is 1.00 e. The molecule has 0 saturated heterocycles. The summed E-state index contributed by atoms with van der Waals surface area (Å²) in [5, 5.41) is 0. The van der Waals surface area contributed by atoms with Gasteiger partial charge in [0, 0.05) is 8.41 Å². The molecule has 0 N–H and O–H groups in total. The summed E-state index contributed by atoms with van der Waals surface area (Å²) in [6.45, 7) is 0. The molecule has 3 radical (unpaired) electrons. The van der Waals surface area contributed by atoms with E-state index in [9.17, 15) is 0 Å². The predicted molar refractivity (Wildman–Crippen MR) is 27.3 cm³/mol. The quantitative estimate of drug-likeness (QED) is 0.293. The van der Waals surface area contributed by atoms with Crippen LogP contribution in [0.2, 0.25) is 0 Å². The minimum atomic E-state index is 0. The van der Waals surface area contributed by atoms with Crippen molar-refractivity contribution in [1.29, 1.82) is 0 Å². The SMILES string of the molecule is F.P.[B].[Ca+2].[H-].[H-]. The van der Waals surface area contributed by atoms with E-state index in [4.69, 9.17) is 0 Å². The molecule has 4 heteroatoms. The summed E-state index contributed by atoms with van der Waals surface area (Å²) in [5.41, 5.74) is 0. The second kappa shape index (κ2) is 22.4. The van der Waals surface area contributed by atoms with Crippen LogP contribution in [-0.4, -0.2) is 46.2 Å². The Morgan fingerprint density at radius 3 is 1.25 bits per heavy atom. The van der Waals surface area contributed by atoms with E-state index in [1.54, 1.807) is 0 Å². The van der Waals surface area contributed by atoms with E-state index < -0.39 is 0 Å². The van der Waals surface area contributed by atoms with Gasteiger partial charge in [-0.15, -0.1) is 0 Å². The number of hydrogen-bond donors (Lipinski definition) is 0. The van der Waals surface area contributed by atoms with Gasteiger partial charge in [-0.3, -0.25) is 4.70 Å². The average molecular weight is 107 g/mol. The van der Waals surface area contributed by atoms with E-state index in [-0.39, 0.29) is 63.6 Å². The van der Waals surface area contributed by atoms with Crippen LogP contribution in [0.25, 0.3) is 0 Å². The maximum absolute atomic E-state index is 0. The standard InChI is InChI=1S/B.Ca.FH.H3P.2H/h;;1H;1H3;;/q;+2;;;2*-1. The second-order valence-corrected chi connectivity index (χ2v) is 0. The Labute approximate surface area is 63.3 Å². The normalized spacial score (nSPS) is 0. The molecule has 0 aliphatic heterocycles. The average Bonchev–Trinajstić information content (AvgIpc) is 0. The summed E-state index contributed by atoms with van der Waals surface area (Å²) in [7, 11) is 0. The second-order valence-electron chi connectivity index (χ2n) is 0. The van der Waals surface area contributed by atoms with Gasteiger partial charge in [-0.05, 0) is 0 Å². The molecule has 0 heterocycles. The van der Waals surface area contributed by atoms with Crippen LogP contribution in [0.15, 0.2) is 0 Å². The van der Waals surface area contributed by atoms with Crippen molar-refractivity contribution in [2.24, 2.45) is 0 Å². The molecule has 0 aliphatic rings. The van der Waals surface area contributed by atoms with Crippen LogP contribution >= 0.6 is 9.90 Å². The van der Waals surface area contributed by atoms with Crippen LogP contribution in [0.5, 0.6) is 0 Å². The third-order valence-corrected chi connectivity index (χ3v) is 0. The summed E-state index contributed by atoms with van der Waals surface area (Å²) in [6.07, 6.45) is 0. The molecule has 4 heavy (non-hydrogen) atoms. The van der Waals surface area contributed by atoms with Gasteiger partial charge in [0.1, 0.15) is 0 Å². The fraction of sp³-hybridized carbons (Fsp3) is 0. The first-order chi connectivity index (χ1) is 0. The molecule has 23 valence electrons. The molecule has 0 fully saturated rings. The molecule has 0 spiro atoms. The van der Waals surface area contributed by atoms with E-state index >= 15 is 0 Å². The molecule has 1 unspecified atom stereocenters. The largest absolute Gasteiger partial charge is 2.00 e. The zero-order chi connectivity index (χ0) is 0. The van der Waals surface area contributed by atoms with E-state index in [2.05, 4.69) is 0 Å². The fourth-order valence-corrected chi connectivity index (χ4v) is 0. The van der Waals surface area contributed by atoms with E-state index in [0.29, 0.717) is 0 Å². The third-order valence-electron chi connectivity index (χ3n) is 0. The molecule has 1 atom stereocenters. The Balaban J connectivity index is 0. The van der Waals surface area contributed by atoms with Crippen molar-refractivity contribution >= 4 is 56.1 Å². The number of halogens is 1. The summed E-state index contributed by atoms with van der Waals surface area (Å²) >= 11 is 0. The zero-order valence-corrected chi connectivity index (χ0v) is 6.02.